The summed E-state index contributed by atoms with van der Waals surface area (Å²) in [4.78, 5) is 4.66. The molecular weight excluding hydrogens is 250 g/mol. The molecule has 0 amide bonds. The summed E-state index contributed by atoms with van der Waals surface area (Å²) in [6, 6.07) is 9.74. The molecule has 20 heavy (non-hydrogen) atoms. The fourth-order valence-electron chi connectivity index (χ4n) is 2.41. The van der Waals surface area contributed by atoms with E-state index in [-0.39, 0.29) is 6.61 Å². The lowest BCUT2D eigenvalue weighted by Gasteiger charge is -2.09. The molecule has 0 bridgehead atoms. The van der Waals surface area contributed by atoms with Gasteiger partial charge in [-0.25, -0.2) is 9.67 Å². The second-order valence-corrected chi connectivity index (χ2v) is 5.02. The van der Waals surface area contributed by atoms with Crippen LogP contribution in [0.2, 0.25) is 0 Å². The molecule has 0 spiro atoms. The van der Waals surface area contributed by atoms with Crippen LogP contribution in [0.25, 0.3) is 16.7 Å². The van der Waals surface area contributed by atoms with Gasteiger partial charge < -0.3 is 5.11 Å². The van der Waals surface area contributed by atoms with Crippen molar-refractivity contribution in [2.24, 2.45) is 0 Å². The minimum atomic E-state index is -0.00564. The summed E-state index contributed by atoms with van der Waals surface area (Å²) in [5.74, 6) is 0.751. The van der Waals surface area contributed by atoms with Crippen LogP contribution in [0.5, 0.6) is 0 Å². The number of hydrogen-bond acceptors (Lipinski definition) is 3. The van der Waals surface area contributed by atoms with Crippen LogP contribution in [-0.4, -0.2) is 19.9 Å². The van der Waals surface area contributed by atoms with Crippen molar-refractivity contribution >= 4 is 10.9 Å². The fourth-order valence-corrected chi connectivity index (χ4v) is 2.41. The third-order valence-electron chi connectivity index (χ3n) is 3.83. The first-order valence-corrected chi connectivity index (χ1v) is 6.64. The topological polar surface area (TPSA) is 50.9 Å². The van der Waals surface area contributed by atoms with Gasteiger partial charge in [-0.05, 0) is 44.0 Å². The SMILES string of the molecule is Cc1nn(-c2cc(CO)c3ccccc3n2)c(C)c1C. The Morgan fingerprint density at radius 2 is 1.90 bits per heavy atom. The van der Waals surface area contributed by atoms with Gasteiger partial charge in [0.15, 0.2) is 5.82 Å². The highest BCUT2D eigenvalue weighted by Gasteiger charge is 2.12. The molecule has 0 saturated heterocycles. The number of para-hydroxylation sites is 1. The molecule has 1 aromatic carbocycles. The molecule has 2 heterocycles. The molecule has 0 aliphatic rings. The van der Waals surface area contributed by atoms with Crippen molar-refractivity contribution in [3.63, 3.8) is 0 Å². The second kappa shape index (κ2) is 4.72. The fraction of sp³-hybridized carbons (Fsp3) is 0.250. The van der Waals surface area contributed by atoms with E-state index in [1.54, 1.807) is 0 Å². The molecule has 4 nitrogen and oxygen atoms in total. The minimum absolute atomic E-state index is 0.00564. The molecule has 102 valence electrons. The van der Waals surface area contributed by atoms with Gasteiger partial charge in [-0.2, -0.15) is 5.10 Å². The van der Waals surface area contributed by atoms with Gasteiger partial charge in [-0.3, -0.25) is 0 Å². The van der Waals surface area contributed by atoms with Crippen LogP contribution in [0.15, 0.2) is 30.3 Å². The zero-order valence-corrected chi connectivity index (χ0v) is 11.9. The third kappa shape index (κ3) is 1.89. The van der Waals surface area contributed by atoms with Crippen LogP contribution in [-0.2, 0) is 6.61 Å². The molecule has 2 aromatic heterocycles. The van der Waals surface area contributed by atoms with Gasteiger partial charge >= 0.3 is 0 Å². The first kappa shape index (κ1) is 12.8. The van der Waals surface area contributed by atoms with Gasteiger partial charge in [-0.15, -0.1) is 0 Å². The summed E-state index contributed by atoms with van der Waals surface area (Å²) in [7, 11) is 0. The zero-order valence-electron chi connectivity index (χ0n) is 11.9. The molecule has 3 rings (SSSR count). The Kier molecular flexibility index (Phi) is 3.03. The average molecular weight is 267 g/mol. The predicted molar refractivity (Wildman–Crippen MR) is 79.0 cm³/mol. The van der Waals surface area contributed by atoms with E-state index in [9.17, 15) is 5.11 Å². The monoisotopic (exact) mass is 267 g/mol. The molecule has 0 fully saturated rings. The molecule has 0 aliphatic heterocycles. The number of aromatic nitrogens is 3. The lowest BCUT2D eigenvalue weighted by atomic mass is 10.1. The van der Waals surface area contributed by atoms with Gasteiger partial charge in [0, 0.05) is 11.1 Å². The second-order valence-electron chi connectivity index (χ2n) is 5.02. The standard InChI is InChI=1S/C16H17N3O/c1-10-11(2)18-19(12(10)3)16-8-13(9-20)14-6-4-5-7-15(14)17-16/h4-8,20H,9H2,1-3H3. The van der Waals surface area contributed by atoms with Gasteiger partial charge in [-0.1, -0.05) is 18.2 Å². The Morgan fingerprint density at radius 3 is 2.55 bits per heavy atom. The third-order valence-corrected chi connectivity index (χ3v) is 3.83. The summed E-state index contributed by atoms with van der Waals surface area (Å²) in [5, 5.41) is 15.1. The average Bonchev–Trinajstić information content (AvgIpc) is 2.73. The number of hydrogen-bond donors (Lipinski definition) is 1. The van der Waals surface area contributed by atoms with E-state index in [1.807, 2.05) is 48.9 Å². The van der Waals surface area contributed by atoms with Crippen LogP contribution in [0.4, 0.5) is 0 Å². The highest BCUT2D eigenvalue weighted by Crippen LogP contribution is 2.22. The van der Waals surface area contributed by atoms with E-state index in [1.165, 1.54) is 5.56 Å². The van der Waals surface area contributed by atoms with Gasteiger partial charge in [0.25, 0.3) is 0 Å². The molecule has 0 atom stereocenters. The van der Waals surface area contributed by atoms with Crippen molar-refractivity contribution in [3.8, 4) is 5.82 Å². The quantitative estimate of drug-likeness (QED) is 0.776. The Hall–Kier alpha value is -2.20. The maximum Gasteiger partial charge on any atom is 0.154 e. The largest absolute Gasteiger partial charge is 0.392 e. The van der Waals surface area contributed by atoms with E-state index in [0.29, 0.717) is 0 Å². The van der Waals surface area contributed by atoms with E-state index >= 15 is 0 Å². The van der Waals surface area contributed by atoms with Crippen LogP contribution < -0.4 is 0 Å². The molecule has 0 aliphatic carbocycles. The van der Waals surface area contributed by atoms with E-state index in [2.05, 4.69) is 17.0 Å². The molecule has 4 heteroatoms. The van der Waals surface area contributed by atoms with Crippen molar-refractivity contribution in [2.45, 2.75) is 27.4 Å². The first-order valence-electron chi connectivity index (χ1n) is 6.64. The molecular formula is C16H17N3O. The van der Waals surface area contributed by atoms with Crippen LogP contribution >= 0.6 is 0 Å². The number of fused-ring (bicyclic) bond motifs is 1. The summed E-state index contributed by atoms with van der Waals surface area (Å²) in [6.07, 6.45) is 0. The Labute approximate surface area is 117 Å². The highest BCUT2D eigenvalue weighted by molar-refractivity contribution is 5.83. The van der Waals surface area contributed by atoms with Gasteiger partial charge in [0.05, 0.1) is 17.8 Å². The lowest BCUT2D eigenvalue weighted by molar-refractivity contribution is 0.283. The molecule has 0 saturated carbocycles. The lowest BCUT2D eigenvalue weighted by Crippen LogP contribution is -2.04. The van der Waals surface area contributed by atoms with E-state index in [4.69, 9.17) is 0 Å². The van der Waals surface area contributed by atoms with Crippen LogP contribution in [0, 0.1) is 20.8 Å². The van der Waals surface area contributed by atoms with Crippen molar-refractivity contribution < 1.29 is 5.11 Å². The van der Waals surface area contributed by atoms with Crippen molar-refractivity contribution in [2.75, 3.05) is 0 Å². The van der Waals surface area contributed by atoms with Crippen LogP contribution in [0.1, 0.15) is 22.5 Å². The summed E-state index contributed by atoms with van der Waals surface area (Å²) in [6.45, 7) is 6.08. The molecule has 0 radical (unpaired) electrons. The van der Waals surface area contributed by atoms with Crippen LogP contribution in [0.3, 0.4) is 0 Å². The smallest absolute Gasteiger partial charge is 0.154 e. The van der Waals surface area contributed by atoms with Gasteiger partial charge in [0.2, 0.25) is 0 Å². The number of pyridine rings is 1. The molecule has 1 N–H and O–H groups in total. The minimum Gasteiger partial charge on any atom is -0.392 e. The Morgan fingerprint density at radius 1 is 1.15 bits per heavy atom. The summed E-state index contributed by atoms with van der Waals surface area (Å²) < 4.78 is 1.84. The number of aliphatic hydroxyl groups is 1. The Bertz CT molecular complexity index is 790. The maximum absolute atomic E-state index is 9.58. The number of aliphatic hydroxyl groups excluding tert-OH is 1. The number of rotatable bonds is 2. The number of nitrogens with zero attached hydrogens (tertiary/aromatic N) is 3. The van der Waals surface area contributed by atoms with Crippen molar-refractivity contribution in [1.82, 2.24) is 14.8 Å². The number of benzene rings is 1. The van der Waals surface area contributed by atoms with Crippen molar-refractivity contribution in [1.29, 1.82) is 0 Å². The van der Waals surface area contributed by atoms with E-state index < -0.39 is 0 Å². The Balaban J connectivity index is 2.29. The molecule has 0 unspecified atom stereocenters. The molecule has 3 aromatic rings. The van der Waals surface area contributed by atoms with Gasteiger partial charge in [0.1, 0.15) is 0 Å². The van der Waals surface area contributed by atoms with E-state index in [0.717, 1.165) is 33.7 Å². The normalized spacial score (nSPS) is 11.2. The first-order chi connectivity index (χ1) is 9.61. The number of aryl methyl sites for hydroxylation is 1. The van der Waals surface area contributed by atoms with Crippen molar-refractivity contribution in [3.05, 3.63) is 52.8 Å². The zero-order chi connectivity index (χ0) is 14.3. The predicted octanol–water partition coefficient (Wildman–Crippen LogP) is 2.84. The maximum atomic E-state index is 9.58. The highest BCUT2D eigenvalue weighted by atomic mass is 16.3. The summed E-state index contributed by atoms with van der Waals surface area (Å²) in [5.41, 5.74) is 5.00. The summed E-state index contributed by atoms with van der Waals surface area (Å²) >= 11 is 0.